The zero-order chi connectivity index (χ0) is 13.1. The molecule has 1 saturated heterocycles. The van der Waals surface area contributed by atoms with Crippen LogP contribution in [0.2, 0.25) is 0 Å². The van der Waals surface area contributed by atoms with Crippen LogP contribution in [0, 0.1) is 11.6 Å². The molecular formula is C12H16N2O3S. The zero-order valence-corrected chi connectivity index (χ0v) is 11.3. The number of aromatic amines is 1. The van der Waals surface area contributed by atoms with Gasteiger partial charge in [-0.05, 0) is 19.8 Å². The summed E-state index contributed by atoms with van der Waals surface area (Å²) >= 11 is 5.14. The SMILES string of the molecule is COC(=O)c1c(C)[nH]c(CC2CCCO2)nc1=S. The van der Waals surface area contributed by atoms with Gasteiger partial charge in [0.05, 0.1) is 13.2 Å². The summed E-state index contributed by atoms with van der Waals surface area (Å²) in [6, 6.07) is 0. The number of esters is 1. The Bertz CT molecular complexity index is 507. The Morgan fingerprint density at radius 2 is 2.44 bits per heavy atom. The normalized spacial score (nSPS) is 18.9. The first-order valence-corrected chi connectivity index (χ1v) is 6.32. The number of nitrogens with zero attached hydrogens (tertiary/aromatic N) is 1. The van der Waals surface area contributed by atoms with E-state index in [9.17, 15) is 4.79 Å². The van der Waals surface area contributed by atoms with Crippen LogP contribution in [0.4, 0.5) is 0 Å². The predicted molar refractivity (Wildman–Crippen MR) is 68.2 cm³/mol. The molecule has 0 bridgehead atoms. The first-order chi connectivity index (χ1) is 8.61. The van der Waals surface area contributed by atoms with E-state index in [0.717, 1.165) is 25.3 Å². The molecule has 1 fully saturated rings. The van der Waals surface area contributed by atoms with Crippen LogP contribution in [-0.2, 0) is 15.9 Å². The monoisotopic (exact) mass is 268 g/mol. The minimum Gasteiger partial charge on any atom is -0.465 e. The van der Waals surface area contributed by atoms with Gasteiger partial charge in [0.15, 0.2) is 0 Å². The van der Waals surface area contributed by atoms with Crippen molar-refractivity contribution < 1.29 is 14.3 Å². The maximum absolute atomic E-state index is 11.5. The van der Waals surface area contributed by atoms with E-state index in [1.807, 2.05) is 0 Å². The lowest BCUT2D eigenvalue weighted by molar-refractivity contribution is 0.0598. The van der Waals surface area contributed by atoms with Crippen molar-refractivity contribution in [2.45, 2.75) is 32.3 Å². The first kappa shape index (κ1) is 13.2. The fraction of sp³-hybridized carbons (Fsp3) is 0.583. The molecule has 0 aromatic carbocycles. The lowest BCUT2D eigenvalue weighted by Gasteiger charge is -2.11. The van der Waals surface area contributed by atoms with Gasteiger partial charge in [-0.15, -0.1) is 0 Å². The number of hydrogen-bond donors (Lipinski definition) is 1. The molecule has 5 nitrogen and oxygen atoms in total. The van der Waals surface area contributed by atoms with Gasteiger partial charge in [0, 0.05) is 18.7 Å². The van der Waals surface area contributed by atoms with Gasteiger partial charge in [0.1, 0.15) is 16.0 Å². The molecule has 18 heavy (non-hydrogen) atoms. The Balaban J connectivity index is 2.24. The van der Waals surface area contributed by atoms with E-state index in [1.165, 1.54) is 7.11 Å². The van der Waals surface area contributed by atoms with Gasteiger partial charge in [-0.1, -0.05) is 12.2 Å². The summed E-state index contributed by atoms with van der Waals surface area (Å²) in [5, 5.41) is 0. The van der Waals surface area contributed by atoms with Crippen molar-refractivity contribution in [3.63, 3.8) is 0 Å². The van der Waals surface area contributed by atoms with Crippen LogP contribution < -0.4 is 0 Å². The lowest BCUT2D eigenvalue weighted by atomic mass is 10.1. The molecule has 0 radical (unpaired) electrons. The minimum absolute atomic E-state index is 0.200. The summed E-state index contributed by atoms with van der Waals surface area (Å²) in [6.45, 7) is 2.60. The van der Waals surface area contributed by atoms with Gasteiger partial charge in [-0.25, -0.2) is 9.78 Å². The number of carbonyl (C=O) groups excluding carboxylic acids is 1. The molecule has 6 heteroatoms. The summed E-state index contributed by atoms with van der Waals surface area (Å²) in [7, 11) is 1.33. The number of nitrogens with one attached hydrogen (secondary N) is 1. The summed E-state index contributed by atoms with van der Waals surface area (Å²) in [6.07, 6.45) is 3.03. The van der Waals surface area contributed by atoms with Gasteiger partial charge in [-0.2, -0.15) is 0 Å². The molecule has 1 aromatic rings. The molecule has 1 atom stereocenters. The third-order valence-electron chi connectivity index (χ3n) is 2.99. The van der Waals surface area contributed by atoms with Crippen molar-refractivity contribution >= 4 is 18.2 Å². The average molecular weight is 268 g/mol. The minimum atomic E-state index is -0.454. The van der Waals surface area contributed by atoms with E-state index in [4.69, 9.17) is 17.0 Å². The van der Waals surface area contributed by atoms with E-state index >= 15 is 0 Å². The average Bonchev–Trinajstić information content (AvgIpc) is 2.80. The van der Waals surface area contributed by atoms with Crippen molar-refractivity contribution in [3.05, 3.63) is 21.7 Å². The second kappa shape index (κ2) is 5.58. The summed E-state index contributed by atoms with van der Waals surface area (Å²) in [4.78, 5) is 18.9. The number of methoxy groups -OCH3 is 1. The van der Waals surface area contributed by atoms with Crippen molar-refractivity contribution in [2.24, 2.45) is 0 Å². The largest absolute Gasteiger partial charge is 0.465 e. The number of aromatic nitrogens is 2. The highest BCUT2D eigenvalue weighted by atomic mass is 32.1. The quantitative estimate of drug-likeness (QED) is 0.670. The number of carbonyl (C=O) groups is 1. The summed E-state index contributed by atoms with van der Waals surface area (Å²) < 4.78 is 10.5. The van der Waals surface area contributed by atoms with Crippen molar-refractivity contribution in [3.8, 4) is 0 Å². The maximum Gasteiger partial charge on any atom is 0.342 e. The number of hydrogen-bond acceptors (Lipinski definition) is 5. The molecule has 1 aliphatic heterocycles. The lowest BCUT2D eigenvalue weighted by Crippen LogP contribution is -2.15. The van der Waals surface area contributed by atoms with Crippen LogP contribution in [-0.4, -0.2) is 35.8 Å². The Kier molecular flexibility index (Phi) is 4.08. The zero-order valence-electron chi connectivity index (χ0n) is 10.5. The molecule has 0 aliphatic carbocycles. The van der Waals surface area contributed by atoms with Crippen LogP contribution in [0.15, 0.2) is 0 Å². The van der Waals surface area contributed by atoms with Crippen LogP contribution in [0.25, 0.3) is 0 Å². The third kappa shape index (κ3) is 2.76. The van der Waals surface area contributed by atoms with Crippen LogP contribution in [0.1, 0.15) is 34.7 Å². The highest BCUT2D eigenvalue weighted by molar-refractivity contribution is 7.71. The fourth-order valence-electron chi connectivity index (χ4n) is 2.11. The Labute approximate surface area is 111 Å². The van der Waals surface area contributed by atoms with E-state index in [2.05, 4.69) is 14.7 Å². The van der Waals surface area contributed by atoms with Crippen molar-refractivity contribution in [2.75, 3.05) is 13.7 Å². The van der Waals surface area contributed by atoms with Gasteiger partial charge >= 0.3 is 5.97 Å². The number of rotatable bonds is 3. The van der Waals surface area contributed by atoms with Gasteiger partial charge in [-0.3, -0.25) is 0 Å². The number of H-pyrrole nitrogens is 1. The van der Waals surface area contributed by atoms with Gasteiger partial charge in [0.25, 0.3) is 0 Å². The highest BCUT2D eigenvalue weighted by Crippen LogP contribution is 2.16. The van der Waals surface area contributed by atoms with Crippen LogP contribution >= 0.6 is 12.2 Å². The topological polar surface area (TPSA) is 64.2 Å². The second-order valence-electron chi connectivity index (χ2n) is 4.32. The molecule has 0 spiro atoms. The standard InChI is InChI=1S/C12H16N2O3S/c1-7-10(12(15)16-2)11(18)14-9(13-7)6-8-4-3-5-17-8/h8H,3-6H2,1-2H3,(H,13,14,18). The van der Waals surface area contributed by atoms with Gasteiger partial charge in [0.2, 0.25) is 0 Å². The van der Waals surface area contributed by atoms with E-state index in [-0.39, 0.29) is 10.7 Å². The van der Waals surface area contributed by atoms with Crippen molar-refractivity contribution in [1.29, 1.82) is 0 Å². The maximum atomic E-state index is 11.5. The van der Waals surface area contributed by atoms with E-state index in [1.54, 1.807) is 6.92 Å². The molecule has 1 aliphatic rings. The Hall–Kier alpha value is -1.27. The third-order valence-corrected chi connectivity index (χ3v) is 3.29. The van der Waals surface area contributed by atoms with Crippen LogP contribution in [0.3, 0.4) is 0 Å². The van der Waals surface area contributed by atoms with E-state index < -0.39 is 5.97 Å². The molecule has 2 heterocycles. The predicted octanol–water partition coefficient (Wildman–Crippen LogP) is 1.96. The van der Waals surface area contributed by atoms with Crippen molar-refractivity contribution in [1.82, 2.24) is 9.97 Å². The molecule has 98 valence electrons. The summed E-state index contributed by atoms with van der Waals surface area (Å²) in [5.74, 6) is 0.307. The molecular weight excluding hydrogens is 252 g/mol. The molecule has 1 unspecified atom stereocenters. The summed E-state index contributed by atoms with van der Waals surface area (Å²) in [5.41, 5.74) is 1.03. The fourth-order valence-corrected chi connectivity index (χ4v) is 2.45. The molecule has 1 aromatic heterocycles. The Morgan fingerprint density at radius 1 is 1.67 bits per heavy atom. The van der Waals surface area contributed by atoms with E-state index in [0.29, 0.717) is 17.7 Å². The smallest absolute Gasteiger partial charge is 0.342 e. The number of ether oxygens (including phenoxy) is 2. The molecule has 0 saturated carbocycles. The second-order valence-corrected chi connectivity index (χ2v) is 4.71. The van der Waals surface area contributed by atoms with Gasteiger partial charge < -0.3 is 14.5 Å². The van der Waals surface area contributed by atoms with Crippen LogP contribution in [0.5, 0.6) is 0 Å². The Morgan fingerprint density at radius 3 is 3.00 bits per heavy atom. The first-order valence-electron chi connectivity index (χ1n) is 5.91. The molecule has 0 amide bonds. The molecule has 1 N–H and O–H groups in total. The highest BCUT2D eigenvalue weighted by Gasteiger charge is 2.19. The number of aryl methyl sites for hydroxylation is 1. The molecule has 2 rings (SSSR count).